The van der Waals surface area contributed by atoms with Crippen molar-refractivity contribution >= 4 is 29.2 Å². The van der Waals surface area contributed by atoms with Gasteiger partial charge in [0.25, 0.3) is 0 Å². The van der Waals surface area contributed by atoms with Crippen molar-refractivity contribution in [1.82, 2.24) is 4.98 Å². The molecule has 6 nitrogen and oxygen atoms in total. The number of nitrogens with zero attached hydrogens (tertiary/aromatic N) is 3. The van der Waals surface area contributed by atoms with Gasteiger partial charge in [-0.15, -0.1) is 0 Å². The number of anilines is 2. The number of carbonyl (C=O) groups excluding carboxylic acids is 1. The van der Waals surface area contributed by atoms with Gasteiger partial charge in [-0.2, -0.15) is 23.7 Å². The topological polar surface area (TPSA) is 116 Å². The van der Waals surface area contributed by atoms with Crippen molar-refractivity contribution in [2.45, 2.75) is 11.2 Å². The normalized spacial score (nSPS) is 10.7. The summed E-state index contributed by atoms with van der Waals surface area (Å²) in [6.45, 7) is 0. The summed E-state index contributed by atoms with van der Waals surface area (Å²) in [6.07, 6.45) is -4.45. The average Bonchev–Trinajstić information content (AvgIpc) is 2.59. The number of nitrogens with one attached hydrogen (secondary N) is 1. The lowest BCUT2D eigenvalue weighted by Gasteiger charge is -2.09. The fourth-order valence-corrected chi connectivity index (χ4v) is 2.63. The fourth-order valence-electron chi connectivity index (χ4n) is 1.86. The summed E-state index contributed by atoms with van der Waals surface area (Å²) in [5.74, 6) is -0.700. The molecule has 0 radical (unpaired) electrons. The molecule has 0 aliphatic heterocycles. The Bertz CT molecular complexity index is 914. The summed E-state index contributed by atoms with van der Waals surface area (Å²) in [5.41, 5.74) is 5.13. The Morgan fingerprint density at radius 2 is 1.81 bits per heavy atom. The number of rotatable bonds is 4. The number of halogens is 3. The van der Waals surface area contributed by atoms with Crippen molar-refractivity contribution in [2.24, 2.45) is 0 Å². The van der Waals surface area contributed by atoms with Crippen molar-refractivity contribution in [3.8, 4) is 12.1 Å². The van der Waals surface area contributed by atoms with Crippen molar-refractivity contribution in [2.75, 3.05) is 16.8 Å². The lowest BCUT2D eigenvalue weighted by atomic mass is 10.2. The largest absolute Gasteiger partial charge is 0.416 e. The number of benzene rings is 1. The van der Waals surface area contributed by atoms with Crippen LogP contribution in [0.2, 0.25) is 0 Å². The fraction of sp³-hybridized carbons (Fsp3) is 0.125. The number of hydrogen-bond acceptors (Lipinski definition) is 6. The van der Waals surface area contributed by atoms with Crippen LogP contribution < -0.4 is 11.1 Å². The number of alkyl halides is 3. The summed E-state index contributed by atoms with van der Waals surface area (Å²) in [6, 6.07) is 8.95. The zero-order chi connectivity index (χ0) is 19.3. The van der Waals surface area contributed by atoms with Gasteiger partial charge in [-0.1, -0.05) is 11.8 Å². The molecule has 0 bridgehead atoms. The highest BCUT2D eigenvalue weighted by Crippen LogP contribution is 2.30. The molecule has 132 valence electrons. The van der Waals surface area contributed by atoms with Gasteiger partial charge < -0.3 is 11.1 Å². The third-order valence-corrected chi connectivity index (χ3v) is 4.09. The summed E-state index contributed by atoms with van der Waals surface area (Å²) in [5, 5.41) is 20.6. The summed E-state index contributed by atoms with van der Waals surface area (Å²) < 4.78 is 37.5. The van der Waals surface area contributed by atoms with Gasteiger partial charge in [0.05, 0.1) is 22.4 Å². The van der Waals surface area contributed by atoms with E-state index < -0.39 is 17.6 Å². The first-order valence-corrected chi connectivity index (χ1v) is 7.93. The molecular formula is C16H10F3N5OS. The van der Waals surface area contributed by atoms with E-state index in [1.165, 1.54) is 6.07 Å². The highest BCUT2D eigenvalue weighted by Gasteiger charge is 2.30. The van der Waals surface area contributed by atoms with Gasteiger partial charge in [-0.05, 0) is 30.3 Å². The van der Waals surface area contributed by atoms with Gasteiger partial charge in [0.2, 0.25) is 5.91 Å². The molecule has 0 spiro atoms. The van der Waals surface area contributed by atoms with Gasteiger partial charge in [0.15, 0.2) is 0 Å². The minimum absolute atomic E-state index is 0.0557. The molecule has 2 rings (SSSR count). The molecule has 0 saturated heterocycles. The minimum Gasteiger partial charge on any atom is -0.383 e. The number of nitrogens with two attached hydrogens (primary N) is 1. The van der Waals surface area contributed by atoms with Gasteiger partial charge in [0, 0.05) is 5.69 Å². The van der Waals surface area contributed by atoms with Crippen LogP contribution in [0.5, 0.6) is 0 Å². The number of thioether (sulfide) groups is 1. The van der Waals surface area contributed by atoms with E-state index in [9.17, 15) is 18.0 Å². The summed E-state index contributed by atoms with van der Waals surface area (Å²) in [7, 11) is 0. The molecular weight excluding hydrogens is 367 g/mol. The number of nitrogen functional groups attached to an aromatic ring is 1. The molecule has 26 heavy (non-hydrogen) atoms. The molecule has 0 aliphatic rings. The van der Waals surface area contributed by atoms with Crippen molar-refractivity contribution < 1.29 is 18.0 Å². The van der Waals surface area contributed by atoms with E-state index in [0.717, 1.165) is 36.0 Å². The molecule has 2 aromatic rings. The van der Waals surface area contributed by atoms with Crippen LogP contribution in [0.3, 0.4) is 0 Å². The number of amides is 1. The number of hydrogen-bond donors (Lipinski definition) is 2. The maximum absolute atomic E-state index is 12.5. The Morgan fingerprint density at radius 3 is 2.35 bits per heavy atom. The van der Waals surface area contributed by atoms with Crippen LogP contribution in [0.25, 0.3) is 0 Å². The van der Waals surface area contributed by atoms with Crippen LogP contribution in [0, 0.1) is 22.7 Å². The number of carbonyl (C=O) groups is 1. The third-order valence-electron chi connectivity index (χ3n) is 3.09. The van der Waals surface area contributed by atoms with Crippen molar-refractivity contribution in [3.63, 3.8) is 0 Å². The zero-order valence-corrected chi connectivity index (χ0v) is 13.8. The van der Waals surface area contributed by atoms with Crippen LogP contribution in [0.15, 0.2) is 35.4 Å². The van der Waals surface area contributed by atoms with Crippen LogP contribution in [-0.2, 0) is 11.0 Å². The molecule has 1 amide bonds. The average molecular weight is 377 g/mol. The summed E-state index contributed by atoms with van der Waals surface area (Å²) in [4.78, 5) is 15.8. The van der Waals surface area contributed by atoms with Gasteiger partial charge in [-0.3, -0.25) is 4.79 Å². The van der Waals surface area contributed by atoms with Crippen molar-refractivity contribution in [3.05, 3.63) is 47.0 Å². The Hall–Kier alpha value is -3.24. The number of nitriles is 2. The van der Waals surface area contributed by atoms with Crippen LogP contribution in [-0.4, -0.2) is 16.6 Å². The zero-order valence-electron chi connectivity index (χ0n) is 13.0. The first-order chi connectivity index (χ1) is 12.2. The number of aromatic nitrogens is 1. The van der Waals surface area contributed by atoms with E-state index >= 15 is 0 Å². The molecule has 1 aromatic heterocycles. The molecule has 10 heteroatoms. The van der Waals surface area contributed by atoms with Gasteiger partial charge >= 0.3 is 6.18 Å². The maximum Gasteiger partial charge on any atom is 0.416 e. The van der Waals surface area contributed by atoms with Crippen LogP contribution in [0.4, 0.5) is 24.7 Å². The Morgan fingerprint density at radius 1 is 1.19 bits per heavy atom. The SMILES string of the molecule is N#Cc1cc(C#N)c(SCC(=O)Nc2ccc(C(F)(F)F)cc2)nc1N. The molecule has 1 aromatic carbocycles. The van der Waals surface area contributed by atoms with E-state index in [1.54, 1.807) is 6.07 Å². The Labute approximate surface area is 150 Å². The van der Waals surface area contributed by atoms with Crippen molar-refractivity contribution in [1.29, 1.82) is 10.5 Å². The first-order valence-electron chi connectivity index (χ1n) is 6.95. The second-order valence-corrected chi connectivity index (χ2v) is 5.87. The minimum atomic E-state index is -4.45. The maximum atomic E-state index is 12.5. The molecule has 1 heterocycles. The second-order valence-electron chi connectivity index (χ2n) is 4.91. The van der Waals surface area contributed by atoms with E-state index in [4.69, 9.17) is 16.3 Å². The third kappa shape index (κ3) is 4.65. The number of pyridine rings is 1. The smallest absolute Gasteiger partial charge is 0.383 e. The summed E-state index contributed by atoms with van der Waals surface area (Å²) >= 11 is 0.925. The quantitative estimate of drug-likeness (QED) is 0.791. The van der Waals surface area contributed by atoms with Gasteiger partial charge in [0.1, 0.15) is 23.0 Å². The molecule has 0 atom stereocenters. The Balaban J connectivity index is 2.03. The lowest BCUT2D eigenvalue weighted by Crippen LogP contribution is -2.14. The molecule has 0 aliphatic carbocycles. The standard InChI is InChI=1S/C16H10F3N5OS/c17-16(18,19)11-1-3-12(4-2-11)23-13(25)8-26-15-10(7-21)5-9(6-20)14(22)24-15/h1-5H,8H2,(H2,22,24)(H,23,25). The van der Waals surface area contributed by atoms with E-state index in [0.29, 0.717) is 0 Å². The monoisotopic (exact) mass is 377 g/mol. The van der Waals surface area contributed by atoms with Gasteiger partial charge in [-0.25, -0.2) is 4.98 Å². The van der Waals surface area contributed by atoms with E-state index in [2.05, 4.69) is 10.3 Å². The lowest BCUT2D eigenvalue weighted by molar-refractivity contribution is -0.137. The highest BCUT2D eigenvalue weighted by atomic mass is 32.2. The molecule has 0 saturated carbocycles. The molecule has 0 unspecified atom stereocenters. The predicted molar refractivity (Wildman–Crippen MR) is 88.9 cm³/mol. The van der Waals surface area contributed by atoms with Crippen LogP contribution >= 0.6 is 11.8 Å². The first kappa shape index (κ1) is 19.1. The Kier molecular flexibility index (Phi) is 5.70. The van der Waals surface area contributed by atoms with Crippen LogP contribution in [0.1, 0.15) is 16.7 Å². The van der Waals surface area contributed by atoms with E-state index in [1.807, 2.05) is 6.07 Å². The predicted octanol–water partition coefficient (Wildman–Crippen LogP) is 3.16. The molecule has 0 fully saturated rings. The highest BCUT2D eigenvalue weighted by molar-refractivity contribution is 8.00. The molecule has 3 N–H and O–H groups in total. The van der Waals surface area contributed by atoms with E-state index in [-0.39, 0.29) is 33.4 Å². The second kappa shape index (κ2) is 7.76.